The quantitative estimate of drug-likeness (QED) is 0.514. The van der Waals surface area contributed by atoms with E-state index in [-0.39, 0.29) is 5.91 Å². The van der Waals surface area contributed by atoms with E-state index >= 15 is 0 Å². The molecule has 2 aromatic carbocycles. The average molecular weight is 415 g/mol. The van der Waals surface area contributed by atoms with E-state index in [1.807, 2.05) is 34.9 Å². The number of aromatic nitrogens is 1. The number of fused-ring (bicyclic) bond motifs is 1. The maximum absolute atomic E-state index is 13.1. The van der Waals surface area contributed by atoms with E-state index in [1.54, 1.807) is 12.3 Å². The van der Waals surface area contributed by atoms with Gasteiger partial charge in [0.15, 0.2) is 5.58 Å². The van der Waals surface area contributed by atoms with Crippen LogP contribution in [-0.4, -0.2) is 36.8 Å². The molecule has 31 heavy (non-hydrogen) atoms. The molecule has 1 N–H and O–H groups in total. The third kappa shape index (κ3) is 4.07. The molecule has 0 unspecified atom stereocenters. The number of nitrogens with zero attached hydrogens (tertiary/aromatic N) is 2. The molecule has 1 aliphatic rings. The Bertz CT molecular complexity index is 1180. The van der Waals surface area contributed by atoms with Crippen LogP contribution in [0.25, 0.3) is 11.1 Å². The number of rotatable bonds is 5. The van der Waals surface area contributed by atoms with Crippen LogP contribution in [0.4, 0.5) is 11.4 Å². The Morgan fingerprint density at radius 2 is 1.74 bits per heavy atom. The highest BCUT2D eigenvalue weighted by Gasteiger charge is 2.18. The number of nitrogens with one attached hydrogen (secondary N) is 1. The van der Waals surface area contributed by atoms with Crippen LogP contribution < -0.4 is 10.2 Å². The van der Waals surface area contributed by atoms with Gasteiger partial charge < -0.3 is 23.9 Å². The molecular formula is C25H25N3O3. The Morgan fingerprint density at radius 1 is 1.00 bits per heavy atom. The Hall–Kier alpha value is -3.51. The van der Waals surface area contributed by atoms with Crippen LogP contribution in [0.3, 0.4) is 0 Å². The molecule has 1 amide bonds. The van der Waals surface area contributed by atoms with Crippen molar-refractivity contribution in [3.05, 3.63) is 83.7 Å². The number of carbonyl (C=O) groups excluding carboxylic acids is 1. The summed E-state index contributed by atoms with van der Waals surface area (Å²) >= 11 is 0. The lowest BCUT2D eigenvalue weighted by molar-refractivity contribution is 0.101. The number of furan rings is 1. The maximum atomic E-state index is 13.1. The molecule has 0 radical (unpaired) electrons. The summed E-state index contributed by atoms with van der Waals surface area (Å²) in [6.45, 7) is 5.93. The van der Waals surface area contributed by atoms with E-state index in [1.165, 1.54) is 5.56 Å². The second-order valence-electron chi connectivity index (χ2n) is 7.87. The number of morpholine rings is 1. The Kier molecular flexibility index (Phi) is 5.22. The van der Waals surface area contributed by atoms with E-state index in [4.69, 9.17) is 9.15 Å². The molecule has 1 fully saturated rings. The van der Waals surface area contributed by atoms with Crippen LogP contribution in [0.15, 0.2) is 71.3 Å². The SMILES string of the molecule is Cc1ccc(Cn2c(C(=O)Nc3ccc(N4CCOCC4)cc3)cc3occc32)cc1. The van der Waals surface area contributed by atoms with Crippen molar-refractivity contribution in [2.45, 2.75) is 13.5 Å². The minimum absolute atomic E-state index is 0.155. The van der Waals surface area contributed by atoms with Crippen molar-refractivity contribution in [3.8, 4) is 0 Å². The lowest BCUT2D eigenvalue weighted by Crippen LogP contribution is -2.36. The van der Waals surface area contributed by atoms with Gasteiger partial charge in [-0.3, -0.25) is 4.79 Å². The van der Waals surface area contributed by atoms with Crippen molar-refractivity contribution in [2.75, 3.05) is 36.5 Å². The summed E-state index contributed by atoms with van der Waals surface area (Å²) in [6.07, 6.45) is 1.66. The van der Waals surface area contributed by atoms with Crippen molar-refractivity contribution in [2.24, 2.45) is 0 Å². The van der Waals surface area contributed by atoms with Gasteiger partial charge in [-0.1, -0.05) is 29.8 Å². The van der Waals surface area contributed by atoms with Crippen molar-refractivity contribution in [1.29, 1.82) is 0 Å². The van der Waals surface area contributed by atoms with Gasteiger partial charge in [0.05, 0.1) is 25.0 Å². The Labute approximate surface area is 181 Å². The third-order valence-electron chi connectivity index (χ3n) is 5.72. The Balaban J connectivity index is 1.37. The number of amides is 1. The van der Waals surface area contributed by atoms with Crippen LogP contribution in [0.2, 0.25) is 0 Å². The number of ether oxygens (including phenoxy) is 1. The van der Waals surface area contributed by atoms with Crippen LogP contribution >= 0.6 is 0 Å². The molecule has 0 saturated carbocycles. The zero-order chi connectivity index (χ0) is 21.2. The van der Waals surface area contributed by atoms with Crippen LogP contribution in [0, 0.1) is 6.92 Å². The molecule has 0 aliphatic carbocycles. The predicted octanol–water partition coefficient (Wildman–Crippen LogP) is 4.68. The average Bonchev–Trinajstić information content (AvgIpc) is 3.39. The minimum Gasteiger partial charge on any atom is -0.463 e. The first-order chi connectivity index (χ1) is 15.2. The van der Waals surface area contributed by atoms with Gasteiger partial charge in [-0.05, 0) is 36.8 Å². The summed E-state index contributed by atoms with van der Waals surface area (Å²) in [6, 6.07) is 20.0. The molecule has 0 bridgehead atoms. The fourth-order valence-corrected chi connectivity index (χ4v) is 3.98. The van der Waals surface area contributed by atoms with Crippen molar-refractivity contribution >= 4 is 28.4 Å². The summed E-state index contributed by atoms with van der Waals surface area (Å²) in [4.78, 5) is 15.4. The lowest BCUT2D eigenvalue weighted by atomic mass is 10.1. The van der Waals surface area contributed by atoms with E-state index in [2.05, 4.69) is 41.4 Å². The number of anilines is 2. The summed E-state index contributed by atoms with van der Waals surface area (Å²) in [5.41, 5.74) is 6.44. The monoisotopic (exact) mass is 415 g/mol. The minimum atomic E-state index is -0.155. The van der Waals surface area contributed by atoms with Gasteiger partial charge >= 0.3 is 0 Å². The molecular weight excluding hydrogens is 390 g/mol. The standard InChI is InChI=1S/C25H25N3O3/c1-18-2-4-19(5-3-18)17-28-22-10-13-31-24(22)16-23(28)25(29)26-20-6-8-21(9-7-20)27-11-14-30-15-12-27/h2-10,13,16H,11-12,14-15,17H2,1H3,(H,26,29). The van der Waals surface area contributed by atoms with Crippen molar-refractivity contribution < 1.29 is 13.9 Å². The lowest BCUT2D eigenvalue weighted by Gasteiger charge is -2.28. The molecule has 0 atom stereocenters. The summed E-state index contributed by atoms with van der Waals surface area (Å²) < 4.78 is 13.0. The van der Waals surface area contributed by atoms with E-state index in [0.717, 1.165) is 48.8 Å². The van der Waals surface area contributed by atoms with E-state index in [0.29, 0.717) is 17.8 Å². The molecule has 4 aromatic rings. The zero-order valence-electron chi connectivity index (χ0n) is 17.5. The smallest absolute Gasteiger partial charge is 0.272 e. The fourth-order valence-electron chi connectivity index (χ4n) is 3.98. The van der Waals surface area contributed by atoms with Gasteiger partial charge in [-0.25, -0.2) is 0 Å². The summed E-state index contributed by atoms with van der Waals surface area (Å²) in [5.74, 6) is -0.155. The third-order valence-corrected chi connectivity index (χ3v) is 5.72. The number of hydrogen-bond acceptors (Lipinski definition) is 4. The number of hydrogen-bond donors (Lipinski definition) is 1. The first kappa shape index (κ1) is 19.5. The molecule has 5 rings (SSSR count). The second-order valence-corrected chi connectivity index (χ2v) is 7.87. The number of benzene rings is 2. The van der Waals surface area contributed by atoms with Crippen molar-refractivity contribution in [3.63, 3.8) is 0 Å². The normalized spacial score (nSPS) is 14.2. The molecule has 1 aliphatic heterocycles. The van der Waals surface area contributed by atoms with Gasteiger partial charge in [-0.15, -0.1) is 0 Å². The molecule has 3 heterocycles. The summed E-state index contributed by atoms with van der Waals surface area (Å²) in [5, 5.41) is 3.03. The second kappa shape index (κ2) is 8.32. The van der Waals surface area contributed by atoms with Gasteiger partial charge in [0.1, 0.15) is 5.69 Å². The predicted molar refractivity (Wildman–Crippen MR) is 122 cm³/mol. The van der Waals surface area contributed by atoms with Crippen LogP contribution in [-0.2, 0) is 11.3 Å². The maximum Gasteiger partial charge on any atom is 0.272 e. The zero-order valence-corrected chi connectivity index (χ0v) is 17.5. The van der Waals surface area contributed by atoms with Gasteiger partial charge in [0, 0.05) is 43.1 Å². The largest absolute Gasteiger partial charge is 0.463 e. The van der Waals surface area contributed by atoms with Crippen LogP contribution in [0.5, 0.6) is 0 Å². The fraction of sp³-hybridized carbons (Fsp3) is 0.240. The highest BCUT2D eigenvalue weighted by atomic mass is 16.5. The molecule has 158 valence electrons. The molecule has 1 saturated heterocycles. The number of carbonyl (C=O) groups is 1. The van der Waals surface area contributed by atoms with Crippen molar-refractivity contribution in [1.82, 2.24) is 4.57 Å². The van der Waals surface area contributed by atoms with Gasteiger partial charge in [0.25, 0.3) is 5.91 Å². The van der Waals surface area contributed by atoms with Gasteiger partial charge in [-0.2, -0.15) is 0 Å². The highest BCUT2D eigenvalue weighted by Crippen LogP contribution is 2.24. The first-order valence-corrected chi connectivity index (χ1v) is 10.5. The molecule has 0 spiro atoms. The Morgan fingerprint density at radius 3 is 2.48 bits per heavy atom. The van der Waals surface area contributed by atoms with Crippen LogP contribution in [0.1, 0.15) is 21.6 Å². The highest BCUT2D eigenvalue weighted by molar-refractivity contribution is 6.06. The molecule has 6 nitrogen and oxygen atoms in total. The van der Waals surface area contributed by atoms with E-state index in [9.17, 15) is 4.79 Å². The number of aryl methyl sites for hydroxylation is 1. The molecule has 2 aromatic heterocycles. The molecule has 6 heteroatoms. The van der Waals surface area contributed by atoms with E-state index < -0.39 is 0 Å². The summed E-state index contributed by atoms with van der Waals surface area (Å²) in [7, 11) is 0. The topological polar surface area (TPSA) is 59.6 Å². The first-order valence-electron chi connectivity index (χ1n) is 10.5. The van der Waals surface area contributed by atoms with Gasteiger partial charge in [0.2, 0.25) is 0 Å².